The molecule has 3 heteroatoms. The lowest BCUT2D eigenvalue weighted by atomic mass is 9.92. The zero-order valence-corrected chi connectivity index (χ0v) is 11.4. The Morgan fingerprint density at radius 1 is 1.26 bits per heavy atom. The average Bonchev–Trinajstić information content (AvgIpc) is 3.21. The summed E-state index contributed by atoms with van der Waals surface area (Å²) in [6, 6.07) is 10.5. The summed E-state index contributed by atoms with van der Waals surface area (Å²) in [7, 11) is 1.51. The van der Waals surface area contributed by atoms with E-state index in [2.05, 4.69) is 29.2 Å². The van der Waals surface area contributed by atoms with Crippen molar-refractivity contribution < 1.29 is 9.53 Å². The van der Waals surface area contributed by atoms with E-state index >= 15 is 0 Å². The molecule has 2 aliphatic rings. The second-order valence-electron chi connectivity index (χ2n) is 5.81. The van der Waals surface area contributed by atoms with Crippen molar-refractivity contribution >= 4 is 5.97 Å². The molecular weight excluding hydrogens is 238 g/mol. The molecule has 2 fully saturated rings. The van der Waals surface area contributed by atoms with Gasteiger partial charge in [-0.3, -0.25) is 9.69 Å². The Kier molecular flexibility index (Phi) is 3.56. The van der Waals surface area contributed by atoms with E-state index in [-0.39, 0.29) is 11.9 Å². The van der Waals surface area contributed by atoms with Crippen LogP contribution in [0.1, 0.15) is 18.4 Å². The third-order valence-corrected chi connectivity index (χ3v) is 4.42. The molecule has 1 aromatic carbocycles. The highest BCUT2D eigenvalue weighted by molar-refractivity contribution is 5.73. The lowest BCUT2D eigenvalue weighted by Crippen LogP contribution is -2.25. The van der Waals surface area contributed by atoms with Gasteiger partial charge in [-0.15, -0.1) is 0 Å². The zero-order chi connectivity index (χ0) is 13.2. The highest BCUT2D eigenvalue weighted by Gasteiger charge is 2.45. The average molecular weight is 259 g/mol. The summed E-state index contributed by atoms with van der Waals surface area (Å²) in [4.78, 5) is 14.3. The summed E-state index contributed by atoms with van der Waals surface area (Å²) in [6.07, 6.45) is 2.58. The van der Waals surface area contributed by atoms with E-state index in [1.165, 1.54) is 25.5 Å². The van der Waals surface area contributed by atoms with Gasteiger partial charge in [0, 0.05) is 19.6 Å². The van der Waals surface area contributed by atoms with Crippen molar-refractivity contribution in [2.45, 2.75) is 19.4 Å². The fourth-order valence-electron chi connectivity index (χ4n) is 3.29. The number of methoxy groups -OCH3 is 1. The number of likely N-dealkylation sites (tertiary alicyclic amines) is 1. The van der Waals surface area contributed by atoms with Gasteiger partial charge in [0.2, 0.25) is 0 Å². The largest absolute Gasteiger partial charge is 0.469 e. The highest BCUT2D eigenvalue weighted by Crippen LogP contribution is 2.44. The van der Waals surface area contributed by atoms with Crippen molar-refractivity contribution in [3.63, 3.8) is 0 Å². The van der Waals surface area contributed by atoms with Gasteiger partial charge < -0.3 is 4.74 Å². The number of carbonyl (C=O) groups is 1. The summed E-state index contributed by atoms with van der Waals surface area (Å²) in [5.74, 6) is 1.33. The van der Waals surface area contributed by atoms with Crippen molar-refractivity contribution in [2.24, 2.45) is 17.8 Å². The molecule has 2 atom stereocenters. The SMILES string of the molecule is COC(=O)C1CN(Cc2ccccc2)CC1C1CC1. The standard InChI is InChI=1S/C16H21NO2/c1-19-16(18)15-11-17(10-14(15)13-7-8-13)9-12-5-3-2-4-6-12/h2-6,13-15H,7-11H2,1H3. The first-order valence-corrected chi connectivity index (χ1v) is 7.12. The van der Waals surface area contributed by atoms with Gasteiger partial charge in [-0.05, 0) is 30.2 Å². The van der Waals surface area contributed by atoms with Crippen molar-refractivity contribution in [1.29, 1.82) is 0 Å². The Morgan fingerprint density at radius 2 is 2.00 bits per heavy atom. The fourth-order valence-corrected chi connectivity index (χ4v) is 3.29. The number of benzene rings is 1. The van der Waals surface area contributed by atoms with Gasteiger partial charge in [-0.25, -0.2) is 0 Å². The Labute approximate surface area is 114 Å². The van der Waals surface area contributed by atoms with Crippen LogP contribution in [0.25, 0.3) is 0 Å². The predicted octanol–water partition coefficient (Wildman–Crippen LogP) is 2.32. The first-order chi connectivity index (χ1) is 9.28. The second-order valence-corrected chi connectivity index (χ2v) is 5.81. The van der Waals surface area contributed by atoms with Crippen molar-refractivity contribution in [3.05, 3.63) is 35.9 Å². The second kappa shape index (κ2) is 5.33. The van der Waals surface area contributed by atoms with Gasteiger partial charge in [0.25, 0.3) is 0 Å². The van der Waals surface area contributed by atoms with E-state index in [1.807, 2.05) is 6.07 Å². The quantitative estimate of drug-likeness (QED) is 0.777. The maximum Gasteiger partial charge on any atom is 0.310 e. The predicted molar refractivity (Wildman–Crippen MR) is 73.4 cm³/mol. The van der Waals surface area contributed by atoms with Gasteiger partial charge in [-0.2, -0.15) is 0 Å². The first-order valence-electron chi connectivity index (χ1n) is 7.12. The van der Waals surface area contributed by atoms with Gasteiger partial charge in [-0.1, -0.05) is 30.3 Å². The molecule has 0 radical (unpaired) electrons. The molecule has 19 heavy (non-hydrogen) atoms. The molecule has 102 valence electrons. The minimum atomic E-state index is -0.0209. The Bertz CT molecular complexity index is 441. The third-order valence-electron chi connectivity index (χ3n) is 4.42. The summed E-state index contributed by atoms with van der Waals surface area (Å²) >= 11 is 0. The van der Waals surface area contributed by atoms with Crippen LogP contribution in [0.2, 0.25) is 0 Å². The maximum atomic E-state index is 11.9. The Morgan fingerprint density at radius 3 is 2.63 bits per heavy atom. The van der Waals surface area contributed by atoms with E-state index in [0.717, 1.165) is 25.6 Å². The number of ether oxygens (including phenoxy) is 1. The smallest absolute Gasteiger partial charge is 0.310 e. The summed E-state index contributed by atoms with van der Waals surface area (Å²) < 4.78 is 4.98. The minimum Gasteiger partial charge on any atom is -0.469 e. The van der Waals surface area contributed by atoms with E-state index < -0.39 is 0 Å². The van der Waals surface area contributed by atoms with Gasteiger partial charge in [0.15, 0.2) is 0 Å². The van der Waals surface area contributed by atoms with Gasteiger partial charge in [0.1, 0.15) is 0 Å². The summed E-state index contributed by atoms with van der Waals surface area (Å²) in [5.41, 5.74) is 1.32. The highest BCUT2D eigenvalue weighted by atomic mass is 16.5. The Balaban J connectivity index is 1.66. The van der Waals surface area contributed by atoms with E-state index in [9.17, 15) is 4.79 Å². The minimum absolute atomic E-state index is 0.0209. The molecule has 1 saturated heterocycles. The third kappa shape index (κ3) is 2.81. The van der Waals surface area contributed by atoms with Crippen molar-refractivity contribution in [1.82, 2.24) is 4.90 Å². The lowest BCUT2D eigenvalue weighted by Gasteiger charge is -2.15. The van der Waals surface area contributed by atoms with Crippen LogP contribution in [0.15, 0.2) is 30.3 Å². The number of esters is 1. The monoisotopic (exact) mass is 259 g/mol. The number of hydrogen-bond donors (Lipinski definition) is 0. The van der Waals surface area contributed by atoms with Gasteiger partial charge in [0.05, 0.1) is 13.0 Å². The van der Waals surface area contributed by atoms with Crippen LogP contribution in [0.3, 0.4) is 0 Å². The van der Waals surface area contributed by atoms with E-state index in [1.54, 1.807) is 0 Å². The molecule has 3 rings (SSSR count). The molecule has 1 heterocycles. The number of nitrogens with zero attached hydrogens (tertiary/aromatic N) is 1. The molecule has 1 aliphatic carbocycles. The van der Waals surface area contributed by atoms with Crippen LogP contribution in [0.5, 0.6) is 0 Å². The van der Waals surface area contributed by atoms with Crippen LogP contribution in [0, 0.1) is 17.8 Å². The number of carbonyl (C=O) groups excluding carboxylic acids is 1. The summed E-state index contributed by atoms with van der Waals surface area (Å²) in [5, 5.41) is 0. The molecule has 3 nitrogen and oxygen atoms in total. The van der Waals surface area contributed by atoms with Gasteiger partial charge >= 0.3 is 5.97 Å². The maximum absolute atomic E-state index is 11.9. The zero-order valence-electron chi connectivity index (χ0n) is 11.4. The first kappa shape index (κ1) is 12.7. The fraction of sp³-hybridized carbons (Fsp3) is 0.562. The van der Waals surface area contributed by atoms with Crippen LogP contribution in [-0.4, -0.2) is 31.1 Å². The van der Waals surface area contributed by atoms with E-state index in [4.69, 9.17) is 4.74 Å². The molecule has 0 aromatic heterocycles. The molecule has 0 spiro atoms. The van der Waals surface area contributed by atoms with Crippen LogP contribution in [0.4, 0.5) is 0 Å². The molecule has 0 bridgehead atoms. The van der Waals surface area contributed by atoms with Crippen molar-refractivity contribution in [2.75, 3.05) is 20.2 Å². The molecule has 1 aliphatic heterocycles. The number of hydrogen-bond acceptors (Lipinski definition) is 3. The molecule has 1 saturated carbocycles. The molecular formula is C16H21NO2. The topological polar surface area (TPSA) is 29.5 Å². The number of rotatable bonds is 4. The lowest BCUT2D eigenvalue weighted by molar-refractivity contribution is -0.146. The van der Waals surface area contributed by atoms with Crippen LogP contribution < -0.4 is 0 Å². The Hall–Kier alpha value is -1.35. The normalized spacial score (nSPS) is 27.4. The van der Waals surface area contributed by atoms with E-state index in [0.29, 0.717) is 5.92 Å². The van der Waals surface area contributed by atoms with Crippen molar-refractivity contribution in [3.8, 4) is 0 Å². The summed E-state index contributed by atoms with van der Waals surface area (Å²) in [6.45, 7) is 2.83. The molecule has 0 amide bonds. The van der Waals surface area contributed by atoms with Crippen LogP contribution >= 0.6 is 0 Å². The molecule has 2 unspecified atom stereocenters. The molecule has 1 aromatic rings. The van der Waals surface area contributed by atoms with Crippen LogP contribution in [-0.2, 0) is 16.1 Å². The molecule has 0 N–H and O–H groups in total.